The van der Waals surface area contributed by atoms with E-state index in [4.69, 9.17) is 15.2 Å². The zero-order chi connectivity index (χ0) is 25.3. The van der Waals surface area contributed by atoms with Gasteiger partial charge in [0.2, 0.25) is 5.91 Å². The van der Waals surface area contributed by atoms with Gasteiger partial charge >= 0.3 is 5.97 Å². The normalized spacial score (nSPS) is 40.7. The number of fused-ring (bicyclic) bond motifs is 3. The van der Waals surface area contributed by atoms with E-state index < -0.39 is 17.1 Å². The van der Waals surface area contributed by atoms with Crippen LogP contribution < -0.4 is 5.73 Å². The van der Waals surface area contributed by atoms with Crippen molar-refractivity contribution in [2.75, 3.05) is 19.8 Å². The lowest BCUT2D eigenvalue weighted by Gasteiger charge is -2.62. The van der Waals surface area contributed by atoms with E-state index in [-0.39, 0.29) is 35.0 Å². The third-order valence-corrected chi connectivity index (χ3v) is 10.3. The minimum atomic E-state index is -0.921. The number of carbonyl (C=O) groups excluding carboxylic acids is 2. The Kier molecular flexibility index (Phi) is 7.99. The second kappa shape index (κ2) is 10.5. The molecule has 7 heteroatoms. The molecule has 1 heterocycles. The number of unbranched alkanes of at least 4 members (excludes halogenated alkanes) is 2. The van der Waals surface area contributed by atoms with Crippen LogP contribution in [0, 0.1) is 28.6 Å². The Morgan fingerprint density at radius 2 is 1.91 bits per heavy atom. The van der Waals surface area contributed by atoms with E-state index in [1.165, 1.54) is 0 Å². The number of amides is 1. The van der Waals surface area contributed by atoms with Crippen molar-refractivity contribution < 1.29 is 29.3 Å². The maximum absolute atomic E-state index is 12.2. The predicted octanol–water partition coefficient (Wildman–Crippen LogP) is 3.65. The van der Waals surface area contributed by atoms with Crippen LogP contribution in [0.5, 0.6) is 0 Å². The van der Waals surface area contributed by atoms with Gasteiger partial charge in [0, 0.05) is 31.1 Å². The molecule has 2 unspecified atom stereocenters. The van der Waals surface area contributed by atoms with E-state index in [2.05, 4.69) is 13.8 Å². The van der Waals surface area contributed by atoms with Crippen LogP contribution in [0.15, 0.2) is 11.6 Å². The van der Waals surface area contributed by atoms with Gasteiger partial charge < -0.3 is 25.4 Å². The quantitative estimate of drug-likeness (QED) is 0.300. The maximum atomic E-state index is 12.2. The number of carbonyl (C=O) groups is 2. The number of esters is 1. The number of hydrogen-bond acceptors (Lipinski definition) is 6. The van der Waals surface area contributed by atoms with Crippen LogP contribution in [0.1, 0.15) is 90.9 Å². The van der Waals surface area contributed by atoms with Crippen LogP contribution >= 0.6 is 0 Å². The summed E-state index contributed by atoms with van der Waals surface area (Å²) in [4.78, 5) is 22.5. The van der Waals surface area contributed by atoms with Gasteiger partial charge in [0.25, 0.3) is 0 Å². The van der Waals surface area contributed by atoms with Crippen LogP contribution in [0.4, 0.5) is 0 Å². The summed E-state index contributed by atoms with van der Waals surface area (Å²) in [5.41, 5.74) is 4.62. The first-order valence-electron chi connectivity index (χ1n) is 13.8. The van der Waals surface area contributed by atoms with Gasteiger partial charge in [-0.25, -0.2) is 4.79 Å². The lowest BCUT2D eigenvalue weighted by molar-refractivity contribution is -0.232. The molecule has 0 saturated heterocycles. The van der Waals surface area contributed by atoms with Gasteiger partial charge in [-0.05, 0) is 86.5 Å². The van der Waals surface area contributed by atoms with Crippen LogP contribution in [0.2, 0.25) is 0 Å². The molecule has 7 nitrogen and oxygen atoms in total. The molecule has 4 N–H and O–H groups in total. The number of hydrogen-bond donors (Lipinski definition) is 3. The summed E-state index contributed by atoms with van der Waals surface area (Å²) in [5, 5.41) is 23.8. The van der Waals surface area contributed by atoms with Gasteiger partial charge in [0.05, 0.1) is 11.7 Å². The highest BCUT2D eigenvalue weighted by molar-refractivity contribution is 5.85. The Hall–Kier alpha value is -1.44. The molecule has 0 spiro atoms. The molecule has 3 aliphatic carbocycles. The molecule has 3 fully saturated rings. The fraction of sp³-hybridized carbons (Fsp3) is 0.857. The number of aliphatic hydroxyl groups is 2. The number of primary amides is 1. The third-order valence-electron chi connectivity index (χ3n) is 10.3. The van der Waals surface area contributed by atoms with Crippen LogP contribution in [0.3, 0.4) is 0 Å². The van der Waals surface area contributed by atoms with Gasteiger partial charge in [-0.15, -0.1) is 0 Å². The summed E-state index contributed by atoms with van der Waals surface area (Å²) in [6, 6.07) is 0. The lowest BCUT2D eigenvalue weighted by atomic mass is 9.45. The van der Waals surface area contributed by atoms with Crippen LogP contribution in [-0.2, 0) is 19.1 Å². The highest BCUT2D eigenvalue weighted by atomic mass is 16.5. The molecule has 4 rings (SSSR count). The van der Waals surface area contributed by atoms with Gasteiger partial charge in [0.1, 0.15) is 6.61 Å². The van der Waals surface area contributed by atoms with E-state index in [1.807, 2.05) is 0 Å². The first kappa shape index (κ1) is 26.6. The Balaban J connectivity index is 1.35. The molecule has 0 aromatic heterocycles. The molecule has 1 amide bonds. The first-order chi connectivity index (χ1) is 16.6. The average Bonchev–Trinajstić information content (AvgIpc) is 3.35. The predicted molar refractivity (Wildman–Crippen MR) is 132 cm³/mol. The number of nitrogens with two attached hydrogens (primary N) is 1. The standard InChI is InChI=1S/C28H45NO6/c1-26(12-7-15-34-14-5-3-4-9-24(29)31)11-6-8-21-22(26)17-23(30)27(2)20(10-13-28(21,27)33)19-16-25(32)35-18-19/h16,20-23,30,33H,3-15,17-18H2,1-2H3,(H2,29,31)/t20-,21?,22?,23-,26-,27+,28+/m1/s1. The highest BCUT2D eigenvalue weighted by Gasteiger charge is 2.69. The fourth-order valence-electron chi connectivity index (χ4n) is 8.28. The topological polar surface area (TPSA) is 119 Å². The van der Waals surface area contributed by atoms with Gasteiger partial charge in [-0.1, -0.05) is 26.7 Å². The first-order valence-corrected chi connectivity index (χ1v) is 13.8. The van der Waals surface area contributed by atoms with Gasteiger partial charge in [0.15, 0.2) is 0 Å². The van der Waals surface area contributed by atoms with E-state index in [1.54, 1.807) is 6.08 Å². The molecule has 3 saturated carbocycles. The minimum Gasteiger partial charge on any atom is -0.458 e. The molecular formula is C28H45NO6. The van der Waals surface area contributed by atoms with Gasteiger partial charge in [-0.3, -0.25) is 4.79 Å². The molecule has 198 valence electrons. The summed E-state index contributed by atoms with van der Waals surface area (Å²) in [6.45, 7) is 6.13. The number of ether oxygens (including phenoxy) is 2. The van der Waals surface area contributed by atoms with E-state index in [9.17, 15) is 19.8 Å². The van der Waals surface area contributed by atoms with E-state index in [0.717, 1.165) is 70.0 Å². The molecule has 4 aliphatic rings. The van der Waals surface area contributed by atoms with Crippen molar-refractivity contribution in [2.45, 2.75) is 103 Å². The molecule has 0 aromatic carbocycles. The van der Waals surface area contributed by atoms with Crippen molar-refractivity contribution in [1.82, 2.24) is 0 Å². The third kappa shape index (κ3) is 4.93. The monoisotopic (exact) mass is 491 g/mol. The minimum absolute atomic E-state index is 0.0144. The SMILES string of the molecule is C[C@]1(CCCOCCCCCC(N)=O)CCCC2C1C[C@@H](O)[C@]1(C)[C@@H](C3=CC(=O)OC3)CC[C@]21O. The maximum Gasteiger partial charge on any atom is 0.331 e. The van der Waals surface area contributed by atoms with Crippen LogP contribution in [-0.4, -0.2) is 53.6 Å². The van der Waals surface area contributed by atoms with Crippen molar-refractivity contribution in [3.8, 4) is 0 Å². The van der Waals surface area contributed by atoms with Crippen molar-refractivity contribution >= 4 is 11.9 Å². The van der Waals surface area contributed by atoms with Crippen LogP contribution in [0.25, 0.3) is 0 Å². The second-order valence-corrected chi connectivity index (χ2v) is 12.1. The Morgan fingerprint density at radius 3 is 2.63 bits per heavy atom. The summed E-state index contributed by atoms with van der Waals surface area (Å²) in [7, 11) is 0. The summed E-state index contributed by atoms with van der Waals surface area (Å²) < 4.78 is 11.0. The van der Waals surface area contributed by atoms with Crippen molar-refractivity contribution in [2.24, 2.45) is 34.3 Å². The zero-order valence-electron chi connectivity index (χ0n) is 21.6. The smallest absolute Gasteiger partial charge is 0.331 e. The highest BCUT2D eigenvalue weighted by Crippen LogP contribution is 2.68. The number of aliphatic hydroxyl groups excluding tert-OH is 1. The largest absolute Gasteiger partial charge is 0.458 e. The molecular weight excluding hydrogens is 446 g/mol. The number of rotatable bonds is 11. The molecule has 7 atom stereocenters. The lowest BCUT2D eigenvalue weighted by Crippen LogP contribution is -2.65. The Labute approximate surface area is 209 Å². The Morgan fingerprint density at radius 1 is 1.14 bits per heavy atom. The van der Waals surface area contributed by atoms with Gasteiger partial charge in [-0.2, -0.15) is 0 Å². The summed E-state index contributed by atoms with van der Waals surface area (Å²) >= 11 is 0. The molecule has 0 bridgehead atoms. The van der Waals surface area contributed by atoms with E-state index >= 15 is 0 Å². The fourth-order valence-corrected chi connectivity index (χ4v) is 8.28. The Bertz CT molecular complexity index is 828. The molecule has 35 heavy (non-hydrogen) atoms. The van der Waals surface area contributed by atoms with Crippen molar-refractivity contribution in [3.63, 3.8) is 0 Å². The molecule has 0 aromatic rings. The second-order valence-electron chi connectivity index (χ2n) is 12.1. The molecule has 1 aliphatic heterocycles. The zero-order valence-corrected chi connectivity index (χ0v) is 21.6. The number of cyclic esters (lactones) is 1. The van der Waals surface area contributed by atoms with E-state index in [0.29, 0.717) is 32.5 Å². The summed E-state index contributed by atoms with van der Waals surface area (Å²) in [5.74, 6) is -0.104. The van der Waals surface area contributed by atoms with Crippen molar-refractivity contribution in [3.05, 3.63) is 11.6 Å². The molecule has 0 radical (unpaired) electrons. The summed E-state index contributed by atoms with van der Waals surface area (Å²) in [6.07, 6.45) is 11.6. The average molecular weight is 492 g/mol. The van der Waals surface area contributed by atoms with Crippen molar-refractivity contribution in [1.29, 1.82) is 0 Å².